The second kappa shape index (κ2) is 5.91. The molecule has 1 N–H and O–H groups in total. The molecule has 0 amide bonds. The molecule has 0 spiro atoms. The molecule has 5 heteroatoms. The topological polar surface area (TPSA) is 59.3 Å². The SMILES string of the molecule is CC(=O)c1cc(C(=O)O)n(CCc2ccc(F)cc2C)c1. The van der Waals surface area contributed by atoms with Crippen LogP contribution in [0.2, 0.25) is 0 Å². The average molecular weight is 289 g/mol. The highest BCUT2D eigenvalue weighted by atomic mass is 19.1. The van der Waals surface area contributed by atoms with Gasteiger partial charge in [0.05, 0.1) is 0 Å². The lowest BCUT2D eigenvalue weighted by molar-refractivity contribution is 0.0685. The molecule has 0 saturated heterocycles. The summed E-state index contributed by atoms with van der Waals surface area (Å²) < 4.78 is 14.6. The standard InChI is InChI=1S/C16H16FNO3/c1-10-7-14(17)4-3-12(10)5-6-18-9-13(11(2)19)8-15(18)16(20)21/h3-4,7-9H,5-6H2,1-2H3,(H,20,21). The van der Waals surface area contributed by atoms with E-state index in [-0.39, 0.29) is 17.3 Å². The molecular weight excluding hydrogens is 273 g/mol. The summed E-state index contributed by atoms with van der Waals surface area (Å²) in [6, 6.07) is 5.91. The summed E-state index contributed by atoms with van der Waals surface area (Å²) in [6.07, 6.45) is 2.11. The van der Waals surface area contributed by atoms with Crippen molar-refractivity contribution in [3.8, 4) is 0 Å². The molecule has 0 atom stereocenters. The third-order valence-corrected chi connectivity index (χ3v) is 3.45. The number of rotatable bonds is 5. The van der Waals surface area contributed by atoms with Crippen LogP contribution in [0.15, 0.2) is 30.5 Å². The molecule has 0 saturated carbocycles. The van der Waals surface area contributed by atoms with E-state index in [4.69, 9.17) is 5.11 Å². The van der Waals surface area contributed by atoms with Gasteiger partial charge in [-0.25, -0.2) is 9.18 Å². The van der Waals surface area contributed by atoms with Gasteiger partial charge < -0.3 is 9.67 Å². The average Bonchev–Trinajstić information content (AvgIpc) is 2.82. The van der Waals surface area contributed by atoms with Crippen molar-refractivity contribution in [2.24, 2.45) is 0 Å². The van der Waals surface area contributed by atoms with Crippen molar-refractivity contribution >= 4 is 11.8 Å². The Hall–Kier alpha value is -2.43. The van der Waals surface area contributed by atoms with Crippen LogP contribution >= 0.6 is 0 Å². The molecule has 0 aliphatic carbocycles. The van der Waals surface area contributed by atoms with Gasteiger partial charge in [0.2, 0.25) is 0 Å². The highest BCUT2D eigenvalue weighted by Gasteiger charge is 2.14. The minimum absolute atomic E-state index is 0.0833. The number of Topliss-reactive ketones (excluding diaryl/α,β-unsaturated/α-hetero) is 1. The number of carboxylic acid groups (broad SMARTS) is 1. The number of carboxylic acids is 1. The Morgan fingerprint density at radius 1 is 1.29 bits per heavy atom. The summed E-state index contributed by atoms with van der Waals surface area (Å²) in [5.74, 6) is -1.53. The minimum atomic E-state index is -1.07. The van der Waals surface area contributed by atoms with Crippen LogP contribution in [0.1, 0.15) is 38.9 Å². The lowest BCUT2D eigenvalue weighted by atomic mass is 10.1. The van der Waals surface area contributed by atoms with Crippen LogP contribution in [0.4, 0.5) is 4.39 Å². The molecule has 0 radical (unpaired) electrons. The molecule has 0 bridgehead atoms. The molecule has 2 aromatic rings. The van der Waals surface area contributed by atoms with Crippen molar-refractivity contribution in [2.45, 2.75) is 26.8 Å². The lowest BCUT2D eigenvalue weighted by Gasteiger charge is -2.08. The molecular formula is C16H16FNO3. The van der Waals surface area contributed by atoms with Gasteiger partial charge in [-0.2, -0.15) is 0 Å². The van der Waals surface area contributed by atoms with Gasteiger partial charge in [-0.15, -0.1) is 0 Å². The van der Waals surface area contributed by atoms with E-state index in [1.54, 1.807) is 16.8 Å². The van der Waals surface area contributed by atoms with E-state index >= 15 is 0 Å². The summed E-state index contributed by atoms with van der Waals surface area (Å²) in [5.41, 5.74) is 2.24. The largest absolute Gasteiger partial charge is 0.477 e. The number of aryl methyl sites for hydroxylation is 3. The number of nitrogens with zero attached hydrogens (tertiary/aromatic N) is 1. The van der Waals surface area contributed by atoms with Crippen LogP contribution in [0.5, 0.6) is 0 Å². The number of aromatic nitrogens is 1. The number of carbonyl (C=O) groups is 2. The predicted molar refractivity (Wildman–Crippen MR) is 76.2 cm³/mol. The smallest absolute Gasteiger partial charge is 0.352 e. The Morgan fingerprint density at radius 3 is 2.57 bits per heavy atom. The number of benzene rings is 1. The van der Waals surface area contributed by atoms with Crippen molar-refractivity contribution < 1.29 is 19.1 Å². The maximum absolute atomic E-state index is 13.1. The van der Waals surface area contributed by atoms with Crippen LogP contribution in [-0.2, 0) is 13.0 Å². The number of carbonyl (C=O) groups excluding carboxylic acids is 1. The molecule has 0 fully saturated rings. The molecule has 2 rings (SSSR count). The van der Waals surface area contributed by atoms with E-state index in [1.807, 2.05) is 6.92 Å². The van der Waals surface area contributed by atoms with Crippen LogP contribution < -0.4 is 0 Å². The van der Waals surface area contributed by atoms with Crippen molar-refractivity contribution in [2.75, 3.05) is 0 Å². The first kappa shape index (κ1) is 15.0. The summed E-state index contributed by atoms with van der Waals surface area (Å²) in [5, 5.41) is 9.17. The number of hydrogen-bond acceptors (Lipinski definition) is 2. The zero-order valence-electron chi connectivity index (χ0n) is 11.9. The molecule has 0 unspecified atom stereocenters. The first-order chi connectivity index (χ1) is 9.88. The number of halogens is 1. The molecule has 1 aromatic heterocycles. The van der Waals surface area contributed by atoms with Crippen molar-refractivity contribution in [3.63, 3.8) is 0 Å². The second-order valence-corrected chi connectivity index (χ2v) is 4.99. The molecule has 1 aromatic carbocycles. The van der Waals surface area contributed by atoms with Gasteiger partial charge in [-0.3, -0.25) is 4.79 Å². The van der Waals surface area contributed by atoms with Gasteiger partial charge in [-0.05, 0) is 49.6 Å². The third-order valence-electron chi connectivity index (χ3n) is 3.45. The summed E-state index contributed by atoms with van der Waals surface area (Å²) in [7, 11) is 0. The maximum atomic E-state index is 13.1. The Morgan fingerprint density at radius 2 is 2.00 bits per heavy atom. The van der Waals surface area contributed by atoms with Crippen molar-refractivity contribution in [1.29, 1.82) is 0 Å². The van der Waals surface area contributed by atoms with E-state index < -0.39 is 5.97 Å². The van der Waals surface area contributed by atoms with Crippen molar-refractivity contribution in [3.05, 3.63) is 58.7 Å². The van der Waals surface area contributed by atoms with Crippen LogP contribution in [0, 0.1) is 12.7 Å². The fourth-order valence-electron chi connectivity index (χ4n) is 2.25. The second-order valence-electron chi connectivity index (χ2n) is 4.99. The van der Waals surface area contributed by atoms with E-state index in [0.717, 1.165) is 11.1 Å². The Bertz CT molecular complexity index is 704. The zero-order valence-corrected chi connectivity index (χ0v) is 11.9. The summed E-state index contributed by atoms with van der Waals surface area (Å²) >= 11 is 0. The number of ketones is 1. The zero-order chi connectivity index (χ0) is 15.6. The van der Waals surface area contributed by atoms with Crippen LogP contribution in [0.25, 0.3) is 0 Å². The molecule has 0 aliphatic heterocycles. The molecule has 4 nitrogen and oxygen atoms in total. The van der Waals surface area contributed by atoms with Gasteiger partial charge in [0, 0.05) is 18.3 Å². The summed E-state index contributed by atoms with van der Waals surface area (Å²) in [4.78, 5) is 22.6. The quantitative estimate of drug-likeness (QED) is 0.860. The van der Waals surface area contributed by atoms with E-state index in [2.05, 4.69) is 0 Å². The lowest BCUT2D eigenvalue weighted by Crippen LogP contribution is -2.09. The predicted octanol–water partition coefficient (Wildman–Crippen LogP) is 3.08. The molecule has 0 aliphatic rings. The molecule has 1 heterocycles. The fraction of sp³-hybridized carbons (Fsp3) is 0.250. The van der Waals surface area contributed by atoms with Crippen LogP contribution in [-0.4, -0.2) is 21.4 Å². The van der Waals surface area contributed by atoms with Crippen LogP contribution in [0.3, 0.4) is 0 Å². The van der Waals surface area contributed by atoms with Crippen molar-refractivity contribution in [1.82, 2.24) is 4.57 Å². The monoisotopic (exact) mass is 289 g/mol. The minimum Gasteiger partial charge on any atom is -0.477 e. The Balaban J connectivity index is 2.23. The number of hydrogen-bond donors (Lipinski definition) is 1. The Labute approximate surface area is 121 Å². The first-order valence-corrected chi connectivity index (χ1v) is 6.58. The highest BCUT2D eigenvalue weighted by Crippen LogP contribution is 2.15. The van der Waals surface area contributed by atoms with E-state index in [9.17, 15) is 14.0 Å². The van der Waals surface area contributed by atoms with Gasteiger partial charge in [0.1, 0.15) is 11.5 Å². The summed E-state index contributed by atoms with van der Waals surface area (Å²) in [6.45, 7) is 3.63. The number of aromatic carboxylic acids is 1. The van der Waals surface area contributed by atoms with Gasteiger partial charge >= 0.3 is 5.97 Å². The fourth-order valence-corrected chi connectivity index (χ4v) is 2.25. The molecule has 21 heavy (non-hydrogen) atoms. The van der Waals surface area contributed by atoms with E-state index in [0.29, 0.717) is 18.5 Å². The highest BCUT2D eigenvalue weighted by molar-refractivity contribution is 5.97. The van der Waals surface area contributed by atoms with Gasteiger partial charge in [0.25, 0.3) is 0 Å². The molecule has 110 valence electrons. The maximum Gasteiger partial charge on any atom is 0.352 e. The normalized spacial score (nSPS) is 10.6. The van der Waals surface area contributed by atoms with Gasteiger partial charge in [-0.1, -0.05) is 6.07 Å². The van der Waals surface area contributed by atoms with Gasteiger partial charge in [0.15, 0.2) is 5.78 Å². The van der Waals surface area contributed by atoms with E-state index in [1.165, 1.54) is 25.1 Å². The third kappa shape index (κ3) is 3.37. The first-order valence-electron chi connectivity index (χ1n) is 6.58. The Kier molecular flexibility index (Phi) is 4.21.